The Hall–Kier alpha value is -1.56. The summed E-state index contributed by atoms with van der Waals surface area (Å²) in [5, 5.41) is 7.44. The molecule has 2 saturated heterocycles. The minimum absolute atomic E-state index is 0.00412. The van der Waals surface area contributed by atoms with Gasteiger partial charge in [-0.25, -0.2) is 9.48 Å². The summed E-state index contributed by atoms with van der Waals surface area (Å²) in [5.41, 5.74) is 0. The van der Waals surface area contributed by atoms with Crippen LogP contribution in [-0.2, 0) is 4.74 Å². The maximum Gasteiger partial charge on any atom is 0.323 e. The number of hydrogen-bond donors (Lipinski definition) is 1. The molecule has 4 rings (SSSR count). The molecule has 6 nitrogen and oxygen atoms in total. The Morgan fingerprint density at radius 3 is 2.71 bits per heavy atom. The van der Waals surface area contributed by atoms with Crippen molar-refractivity contribution in [1.29, 1.82) is 0 Å². The van der Waals surface area contributed by atoms with E-state index in [2.05, 4.69) is 17.3 Å². The number of carbonyl (C=O) groups excluding carboxylic acids is 1. The molecule has 3 fully saturated rings. The monoisotopic (exact) mass is 290 g/mol. The second-order valence-corrected chi connectivity index (χ2v) is 6.50. The van der Waals surface area contributed by atoms with Crippen molar-refractivity contribution in [2.45, 2.75) is 50.7 Å². The van der Waals surface area contributed by atoms with Gasteiger partial charge in [0.2, 0.25) is 0 Å². The lowest BCUT2D eigenvalue weighted by Crippen LogP contribution is -2.51. The van der Waals surface area contributed by atoms with Gasteiger partial charge in [0.05, 0.1) is 37.5 Å². The van der Waals surface area contributed by atoms with Crippen LogP contribution in [0.15, 0.2) is 12.3 Å². The molecule has 0 aromatic carbocycles. The number of aromatic nitrogens is 2. The van der Waals surface area contributed by atoms with Crippen LogP contribution in [-0.4, -0.2) is 46.0 Å². The number of anilines is 1. The molecule has 2 amide bonds. The Morgan fingerprint density at radius 2 is 2.05 bits per heavy atom. The van der Waals surface area contributed by atoms with Crippen molar-refractivity contribution in [2.24, 2.45) is 5.92 Å². The van der Waals surface area contributed by atoms with Gasteiger partial charge < -0.3 is 9.64 Å². The van der Waals surface area contributed by atoms with Crippen LogP contribution in [0.5, 0.6) is 0 Å². The van der Waals surface area contributed by atoms with E-state index in [1.54, 1.807) is 6.20 Å². The molecule has 0 spiro atoms. The van der Waals surface area contributed by atoms with Crippen molar-refractivity contribution in [1.82, 2.24) is 14.7 Å². The Morgan fingerprint density at radius 1 is 1.33 bits per heavy atom. The molecule has 3 aliphatic rings. The number of fused-ring (bicyclic) bond motifs is 2. The number of rotatable bonds is 3. The molecular weight excluding hydrogens is 268 g/mol. The van der Waals surface area contributed by atoms with Crippen LogP contribution in [0.25, 0.3) is 0 Å². The first-order valence-corrected chi connectivity index (χ1v) is 7.94. The van der Waals surface area contributed by atoms with Crippen LogP contribution >= 0.6 is 0 Å². The fourth-order valence-corrected chi connectivity index (χ4v) is 3.65. The molecule has 1 saturated carbocycles. The molecule has 0 radical (unpaired) electrons. The molecule has 3 heterocycles. The van der Waals surface area contributed by atoms with Crippen molar-refractivity contribution >= 4 is 11.8 Å². The predicted molar refractivity (Wildman–Crippen MR) is 78.1 cm³/mol. The Balaban J connectivity index is 1.48. The summed E-state index contributed by atoms with van der Waals surface area (Å²) in [7, 11) is 0. The first-order chi connectivity index (χ1) is 10.2. The number of nitrogens with one attached hydrogen (secondary N) is 1. The van der Waals surface area contributed by atoms with Crippen LogP contribution in [0.3, 0.4) is 0 Å². The molecule has 2 aliphatic heterocycles. The lowest BCUT2D eigenvalue weighted by atomic mass is 10.2. The van der Waals surface area contributed by atoms with Gasteiger partial charge in [-0.3, -0.25) is 5.32 Å². The van der Waals surface area contributed by atoms with Crippen molar-refractivity contribution in [3.8, 4) is 0 Å². The normalized spacial score (nSPS) is 29.5. The summed E-state index contributed by atoms with van der Waals surface area (Å²) in [4.78, 5) is 14.6. The summed E-state index contributed by atoms with van der Waals surface area (Å²) in [6.45, 7) is 3.52. The van der Waals surface area contributed by atoms with Gasteiger partial charge in [0.15, 0.2) is 0 Å². The quantitative estimate of drug-likeness (QED) is 0.929. The number of morpholine rings is 1. The Kier molecular flexibility index (Phi) is 3.14. The highest BCUT2D eigenvalue weighted by Gasteiger charge is 2.40. The predicted octanol–water partition coefficient (Wildman–Crippen LogP) is 2.25. The smallest absolute Gasteiger partial charge is 0.323 e. The minimum Gasteiger partial charge on any atom is -0.377 e. The lowest BCUT2D eigenvalue weighted by Gasteiger charge is -2.34. The van der Waals surface area contributed by atoms with E-state index < -0.39 is 0 Å². The maximum atomic E-state index is 12.6. The zero-order chi connectivity index (χ0) is 14.4. The number of carbonyl (C=O) groups is 1. The number of nitrogens with zero attached hydrogens (tertiary/aromatic N) is 3. The number of ether oxygens (including phenoxy) is 1. The van der Waals surface area contributed by atoms with Gasteiger partial charge in [0.1, 0.15) is 5.82 Å². The first kappa shape index (κ1) is 13.1. The standard InChI is InChI=1S/C15H22N4O2/c1-10(11-2-3-11)19-14(6-7-16-19)17-15(20)18-12-4-5-13(18)9-21-8-12/h6-7,10-13H,2-5,8-9H2,1H3,(H,17,20). The topological polar surface area (TPSA) is 59.4 Å². The van der Waals surface area contributed by atoms with Crippen LogP contribution in [0.2, 0.25) is 0 Å². The molecule has 1 N–H and O–H groups in total. The molecule has 6 heteroatoms. The summed E-state index contributed by atoms with van der Waals surface area (Å²) in [6.07, 6.45) is 6.40. The highest BCUT2D eigenvalue weighted by atomic mass is 16.5. The lowest BCUT2D eigenvalue weighted by molar-refractivity contribution is 0.00944. The van der Waals surface area contributed by atoms with Gasteiger partial charge in [0.25, 0.3) is 0 Å². The third kappa shape index (κ3) is 2.31. The third-order valence-electron chi connectivity index (χ3n) is 5.07. The fourth-order valence-electron chi connectivity index (χ4n) is 3.65. The summed E-state index contributed by atoms with van der Waals surface area (Å²) < 4.78 is 7.49. The van der Waals surface area contributed by atoms with Gasteiger partial charge in [-0.05, 0) is 38.5 Å². The molecule has 3 atom stereocenters. The average molecular weight is 290 g/mol. The van der Waals surface area contributed by atoms with Gasteiger partial charge in [-0.1, -0.05) is 0 Å². The molecule has 1 aromatic rings. The van der Waals surface area contributed by atoms with Gasteiger partial charge in [-0.2, -0.15) is 5.10 Å². The summed E-state index contributed by atoms with van der Waals surface area (Å²) in [5.74, 6) is 1.52. The SMILES string of the molecule is CC(C1CC1)n1nccc1NC(=O)N1C2CCC1COC2. The molecule has 114 valence electrons. The fraction of sp³-hybridized carbons (Fsp3) is 0.733. The Labute approximate surface area is 124 Å². The van der Waals surface area contributed by atoms with Gasteiger partial charge in [0, 0.05) is 6.07 Å². The van der Waals surface area contributed by atoms with Crippen molar-refractivity contribution in [3.63, 3.8) is 0 Å². The zero-order valence-electron chi connectivity index (χ0n) is 12.4. The Bertz CT molecular complexity index is 524. The van der Waals surface area contributed by atoms with E-state index in [0.29, 0.717) is 25.2 Å². The second kappa shape index (κ2) is 5.02. The average Bonchev–Trinajstić information content (AvgIpc) is 3.18. The molecule has 3 unspecified atom stereocenters. The van der Waals surface area contributed by atoms with Crippen LogP contribution in [0.1, 0.15) is 38.6 Å². The molecule has 1 aliphatic carbocycles. The van der Waals surface area contributed by atoms with Crippen molar-refractivity contribution in [2.75, 3.05) is 18.5 Å². The molecular formula is C15H22N4O2. The third-order valence-corrected chi connectivity index (χ3v) is 5.07. The first-order valence-electron chi connectivity index (χ1n) is 7.94. The minimum atomic E-state index is -0.00412. The highest BCUT2D eigenvalue weighted by Crippen LogP contribution is 2.40. The van der Waals surface area contributed by atoms with E-state index in [0.717, 1.165) is 18.7 Å². The van der Waals surface area contributed by atoms with E-state index in [4.69, 9.17) is 4.74 Å². The number of hydrogen-bond acceptors (Lipinski definition) is 3. The van der Waals surface area contributed by atoms with Crippen LogP contribution < -0.4 is 5.32 Å². The maximum absolute atomic E-state index is 12.6. The number of urea groups is 1. The molecule has 2 bridgehead atoms. The van der Waals surface area contributed by atoms with E-state index in [1.807, 2.05) is 15.6 Å². The van der Waals surface area contributed by atoms with Crippen LogP contribution in [0, 0.1) is 5.92 Å². The molecule has 1 aromatic heterocycles. The van der Waals surface area contributed by atoms with E-state index in [-0.39, 0.29) is 18.1 Å². The van der Waals surface area contributed by atoms with Crippen molar-refractivity contribution < 1.29 is 9.53 Å². The summed E-state index contributed by atoms with van der Waals surface area (Å²) >= 11 is 0. The molecule has 21 heavy (non-hydrogen) atoms. The van der Waals surface area contributed by atoms with Crippen LogP contribution in [0.4, 0.5) is 10.6 Å². The largest absolute Gasteiger partial charge is 0.377 e. The van der Waals surface area contributed by atoms with E-state index in [1.165, 1.54) is 12.8 Å². The number of amides is 2. The summed E-state index contributed by atoms with van der Waals surface area (Å²) in [6, 6.07) is 2.72. The van der Waals surface area contributed by atoms with Gasteiger partial charge >= 0.3 is 6.03 Å². The second-order valence-electron chi connectivity index (χ2n) is 6.50. The van der Waals surface area contributed by atoms with E-state index in [9.17, 15) is 4.79 Å². The van der Waals surface area contributed by atoms with Gasteiger partial charge in [-0.15, -0.1) is 0 Å². The zero-order valence-corrected chi connectivity index (χ0v) is 12.4. The highest BCUT2D eigenvalue weighted by molar-refractivity contribution is 5.89. The van der Waals surface area contributed by atoms with Crippen molar-refractivity contribution in [3.05, 3.63) is 12.3 Å². The van der Waals surface area contributed by atoms with E-state index >= 15 is 0 Å².